The van der Waals surface area contributed by atoms with Crippen molar-refractivity contribution < 1.29 is 18.5 Å². The maximum Gasteiger partial charge on any atom is 0.259 e. The first kappa shape index (κ1) is 23.1. The summed E-state index contributed by atoms with van der Waals surface area (Å²) in [4.78, 5) is 22.5. The molecule has 0 spiro atoms. The van der Waals surface area contributed by atoms with E-state index >= 15 is 0 Å². The fourth-order valence-electron chi connectivity index (χ4n) is 1.94. The van der Waals surface area contributed by atoms with E-state index in [2.05, 4.69) is 29.9 Å². The summed E-state index contributed by atoms with van der Waals surface area (Å²) >= 11 is 0. The zero-order valence-corrected chi connectivity index (χ0v) is 17.0. The summed E-state index contributed by atoms with van der Waals surface area (Å²) in [5, 5.41) is 12.5. The first-order valence-corrected chi connectivity index (χ1v) is 8.85. The van der Waals surface area contributed by atoms with Crippen LogP contribution in [-0.2, 0) is 0 Å². The molecule has 3 rings (SSSR count). The van der Waals surface area contributed by atoms with Gasteiger partial charge in [-0.25, -0.2) is 4.39 Å². The smallest absolute Gasteiger partial charge is 0.259 e. The van der Waals surface area contributed by atoms with Crippen LogP contribution in [0.3, 0.4) is 0 Å². The number of nitrogens with two attached hydrogens (primary N) is 1. The highest BCUT2D eigenvalue weighted by atomic mass is 31.0. The Morgan fingerprint density at radius 2 is 2.11 bits per heavy atom. The number of aldehydes is 1. The number of amides is 1. The molecule has 150 valence electrons. The van der Waals surface area contributed by atoms with Gasteiger partial charge in [-0.1, -0.05) is 24.2 Å². The lowest BCUT2D eigenvalue weighted by Gasteiger charge is -2.07. The number of rotatable bonds is 3. The van der Waals surface area contributed by atoms with E-state index in [1.165, 1.54) is 18.3 Å². The van der Waals surface area contributed by atoms with Gasteiger partial charge in [0.15, 0.2) is 6.29 Å². The van der Waals surface area contributed by atoms with Gasteiger partial charge in [0.2, 0.25) is 0 Å². The number of H-pyrrole nitrogens is 1. The molecule has 1 unspecified atom stereocenters. The van der Waals surface area contributed by atoms with Crippen LogP contribution in [-0.4, -0.2) is 34.1 Å². The quantitative estimate of drug-likeness (QED) is 0.452. The van der Waals surface area contributed by atoms with Crippen LogP contribution in [0.1, 0.15) is 39.2 Å². The highest BCUT2D eigenvalue weighted by Gasteiger charge is 2.16. The summed E-state index contributed by atoms with van der Waals surface area (Å²) in [6, 6.07) is 6.18. The molecule has 0 fully saturated rings. The van der Waals surface area contributed by atoms with Crippen molar-refractivity contribution in [2.75, 3.05) is 11.9 Å². The molecule has 2 heterocycles. The van der Waals surface area contributed by atoms with Gasteiger partial charge >= 0.3 is 0 Å². The van der Waals surface area contributed by atoms with Crippen LogP contribution in [0.15, 0.2) is 35.0 Å². The maximum absolute atomic E-state index is 13.5. The Kier molecular flexibility index (Phi) is 9.70. The summed E-state index contributed by atoms with van der Waals surface area (Å²) < 4.78 is 18.3. The summed E-state index contributed by atoms with van der Waals surface area (Å²) in [7, 11) is 2.28. The van der Waals surface area contributed by atoms with Gasteiger partial charge in [-0.3, -0.25) is 14.7 Å². The highest BCUT2D eigenvalue weighted by molar-refractivity contribution is 7.27. The molecule has 0 saturated carbocycles. The third kappa shape index (κ3) is 7.02. The van der Waals surface area contributed by atoms with E-state index in [-0.39, 0.29) is 16.9 Å². The van der Waals surface area contributed by atoms with E-state index in [4.69, 9.17) is 10.3 Å². The molecule has 0 bridgehead atoms. The molecule has 4 N–H and O–H groups in total. The van der Waals surface area contributed by atoms with Gasteiger partial charge in [0, 0.05) is 6.07 Å². The van der Waals surface area contributed by atoms with Gasteiger partial charge in [0.05, 0.1) is 23.1 Å². The molecule has 0 aliphatic carbocycles. The molecular formula is C18H23FN5O3P. The van der Waals surface area contributed by atoms with Crippen molar-refractivity contribution in [3.63, 3.8) is 0 Å². The summed E-state index contributed by atoms with van der Waals surface area (Å²) in [5.41, 5.74) is 6.05. The van der Waals surface area contributed by atoms with Gasteiger partial charge in [0.25, 0.3) is 5.91 Å². The number of nitrogens with zero attached hydrogens (tertiary/aromatic N) is 2. The molecule has 1 amide bonds. The normalized spacial score (nSPS) is 9.50. The highest BCUT2D eigenvalue weighted by Crippen LogP contribution is 2.13. The lowest BCUT2D eigenvalue weighted by molar-refractivity contribution is 0.102. The molecule has 0 aliphatic heterocycles. The van der Waals surface area contributed by atoms with E-state index in [1.54, 1.807) is 6.07 Å². The van der Waals surface area contributed by atoms with Crippen molar-refractivity contribution >= 4 is 32.4 Å². The Hall–Kier alpha value is -2.90. The molecule has 0 aliphatic rings. The molecule has 1 aromatic carbocycles. The number of nitrogens with one attached hydrogen (secondary N) is 2. The summed E-state index contributed by atoms with van der Waals surface area (Å²) in [6.45, 7) is 6.43. The average molecular weight is 407 g/mol. The SMILES string of the molecule is CCN.Cc1cc(C)on1.O=Cc1[nH]ncc1NC(=O)c1c(F)cccc1P. The second kappa shape index (κ2) is 11.7. The number of carbonyl (C=O) groups excluding carboxylic acids is 2. The van der Waals surface area contributed by atoms with Crippen LogP contribution < -0.4 is 16.4 Å². The van der Waals surface area contributed by atoms with Crippen LogP contribution in [0.5, 0.6) is 0 Å². The number of aromatic nitrogens is 3. The third-order valence-electron chi connectivity index (χ3n) is 3.05. The molecule has 0 radical (unpaired) electrons. The predicted molar refractivity (Wildman–Crippen MR) is 108 cm³/mol. The summed E-state index contributed by atoms with van der Waals surface area (Å²) in [6.07, 6.45) is 1.80. The van der Waals surface area contributed by atoms with Crippen LogP contribution in [0.25, 0.3) is 0 Å². The zero-order chi connectivity index (χ0) is 21.1. The van der Waals surface area contributed by atoms with Crippen LogP contribution in [0.2, 0.25) is 0 Å². The van der Waals surface area contributed by atoms with E-state index in [1.807, 2.05) is 26.8 Å². The minimum atomic E-state index is -0.636. The molecule has 0 saturated heterocycles. The fourth-order valence-corrected chi connectivity index (χ4v) is 2.32. The standard InChI is InChI=1S/C11H9FN3O2P.C5H7NO.C2H7N/c12-6-2-1-3-9(18)10(6)11(17)14-7-4-13-15-8(7)5-16;1-4-3-5(2)7-6-4;1-2-3/h1-5H,18H2,(H,13,15)(H,14,17);3H,1-2H3;2-3H2,1H3. The third-order valence-corrected chi connectivity index (χ3v) is 3.53. The fraction of sp³-hybridized carbons (Fsp3) is 0.222. The second-order valence-electron chi connectivity index (χ2n) is 5.46. The molecule has 28 heavy (non-hydrogen) atoms. The average Bonchev–Trinajstić information content (AvgIpc) is 3.24. The van der Waals surface area contributed by atoms with Crippen molar-refractivity contribution in [2.45, 2.75) is 20.8 Å². The Balaban J connectivity index is 0.000000324. The number of aromatic amines is 1. The lowest BCUT2D eigenvalue weighted by Crippen LogP contribution is -2.20. The molecule has 10 heteroatoms. The van der Waals surface area contributed by atoms with Gasteiger partial charge in [-0.2, -0.15) is 5.10 Å². The number of hydrogen-bond acceptors (Lipinski definition) is 6. The zero-order valence-electron chi connectivity index (χ0n) is 15.8. The Morgan fingerprint density at radius 3 is 2.57 bits per heavy atom. The van der Waals surface area contributed by atoms with Gasteiger partial charge in [-0.15, -0.1) is 9.24 Å². The van der Waals surface area contributed by atoms with Crippen molar-refractivity contribution in [1.82, 2.24) is 15.4 Å². The first-order chi connectivity index (χ1) is 13.3. The Morgan fingerprint density at radius 1 is 1.43 bits per heavy atom. The minimum Gasteiger partial charge on any atom is -0.361 e. The molecule has 1 atom stereocenters. The number of hydrogen-bond donors (Lipinski definition) is 3. The van der Waals surface area contributed by atoms with E-state index in [0.717, 1.165) is 18.0 Å². The van der Waals surface area contributed by atoms with Crippen LogP contribution in [0, 0.1) is 19.7 Å². The topological polar surface area (TPSA) is 127 Å². The van der Waals surface area contributed by atoms with Gasteiger partial charge < -0.3 is 15.6 Å². The maximum atomic E-state index is 13.5. The van der Waals surface area contributed by atoms with Gasteiger partial charge in [0.1, 0.15) is 17.3 Å². The number of halogens is 1. The van der Waals surface area contributed by atoms with E-state index in [9.17, 15) is 14.0 Å². The Bertz CT molecular complexity index is 874. The lowest BCUT2D eigenvalue weighted by atomic mass is 10.2. The van der Waals surface area contributed by atoms with E-state index in [0.29, 0.717) is 11.6 Å². The van der Waals surface area contributed by atoms with Crippen molar-refractivity contribution in [2.24, 2.45) is 5.73 Å². The van der Waals surface area contributed by atoms with E-state index < -0.39 is 11.7 Å². The number of anilines is 1. The van der Waals surface area contributed by atoms with Gasteiger partial charge in [-0.05, 0) is 31.8 Å². The van der Waals surface area contributed by atoms with Crippen LogP contribution >= 0.6 is 9.24 Å². The van der Waals surface area contributed by atoms with Crippen molar-refractivity contribution in [1.29, 1.82) is 0 Å². The van der Waals surface area contributed by atoms with Crippen molar-refractivity contribution in [3.05, 3.63) is 59.0 Å². The molecule has 3 aromatic rings. The molecule has 8 nitrogen and oxygen atoms in total. The number of benzene rings is 1. The van der Waals surface area contributed by atoms with Crippen molar-refractivity contribution in [3.8, 4) is 0 Å². The minimum absolute atomic E-state index is 0.0828. The number of aryl methyl sites for hydroxylation is 2. The summed E-state index contributed by atoms with van der Waals surface area (Å²) in [5.74, 6) is -0.392. The second-order valence-corrected chi connectivity index (χ2v) is 6.08. The Labute approximate surface area is 164 Å². The predicted octanol–water partition coefficient (Wildman–Crippen LogP) is 2.37. The molecule has 2 aromatic heterocycles. The van der Waals surface area contributed by atoms with Crippen LogP contribution in [0.4, 0.5) is 10.1 Å². The largest absolute Gasteiger partial charge is 0.361 e. The first-order valence-electron chi connectivity index (χ1n) is 8.27. The monoisotopic (exact) mass is 407 g/mol. The number of carbonyl (C=O) groups is 2. The molecular weight excluding hydrogens is 384 g/mol.